The molecule has 3 heterocycles. The minimum Gasteiger partial charge on any atom is -0.386 e. The van der Waals surface area contributed by atoms with Gasteiger partial charge >= 0.3 is 0 Å². The molecule has 1 saturated heterocycles. The zero-order valence-electron chi connectivity index (χ0n) is 11.0. The van der Waals surface area contributed by atoms with Crippen LogP contribution in [-0.2, 0) is 11.3 Å². The molecule has 0 amide bonds. The first-order valence-corrected chi connectivity index (χ1v) is 7.23. The van der Waals surface area contributed by atoms with Gasteiger partial charge in [0.1, 0.15) is 11.8 Å². The SMILES string of the molecule is Nc1ncc(-c2cn(C[C@@H]3CC(N)C(O)[C@H](O)O3)nn2)s1. The number of hydrogen-bond donors (Lipinski definition) is 4. The summed E-state index contributed by atoms with van der Waals surface area (Å²) in [6, 6.07) is -0.525. The van der Waals surface area contributed by atoms with Crippen LogP contribution in [0.3, 0.4) is 0 Å². The summed E-state index contributed by atoms with van der Waals surface area (Å²) in [5.74, 6) is 0. The molecule has 0 aliphatic carbocycles. The zero-order valence-corrected chi connectivity index (χ0v) is 11.8. The molecule has 0 aromatic carbocycles. The van der Waals surface area contributed by atoms with Gasteiger partial charge in [0.2, 0.25) is 0 Å². The molecular formula is C11H16N6O3S. The molecular weight excluding hydrogens is 296 g/mol. The van der Waals surface area contributed by atoms with E-state index in [0.29, 0.717) is 23.8 Å². The van der Waals surface area contributed by atoms with Crippen LogP contribution in [0.5, 0.6) is 0 Å². The second-order valence-electron chi connectivity index (χ2n) is 4.93. The van der Waals surface area contributed by atoms with Crippen LogP contribution in [0, 0.1) is 0 Å². The Balaban J connectivity index is 1.67. The largest absolute Gasteiger partial charge is 0.386 e. The van der Waals surface area contributed by atoms with Crippen molar-refractivity contribution in [1.29, 1.82) is 0 Å². The normalized spacial score (nSPS) is 29.7. The fraction of sp³-hybridized carbons (Fsp3) is 0.545. The van der Waals surface area contributed by atoms with E-state index >= 15 is 0 Å². The second kappa shape index (κ2) is 5.66. The summed E-state index contributed by atoms with van der Waals surface area (Å²) in [7, 11) is 0. The third-order valence-electron chi connectivity index (χ3n) is 3.30. The molecule has 2 aromatic rings. The van der Waals surface area contributed by atoms with E-state index < -0.39 is 18.4 Å². The lowest BCUT2D eigenvalue weighted by Crippen LogP contribution is -2.53. The topological polar surface area (TPSA) is 145 Å². The molecule has 114 valence electrons. The molecule has 2 unspecified atom stereocenters. The van der Waals surface area contributed by atoms with E-state index in [-0.39, 0.29) is 6.10 Å². The van der Waals surface area contributed by atoms with Crippen LogP contribution in [0.25, 0.3) is 10.6 Å². The molecule has 2 aromatic heterocycles. The monoisotopic (exact) mass is 312 g/mol. The lowest BCUT2D eigenvalue weighted by Gasteiger charge is -2.34. The Bertz CT molecular complexity index is 605. The first kappa shape index (κ1) is 14.4. The van der Waals surface area contributed by atoms with Gasteiger partial charge < -0.3 is 26.4 Å². The van der Waals surface area contributed by atoms with Crippen LogP contribution in [-0.4, -0.2) is 54.7 Å². The summed E-state index contributed by atoms with van der Waals surface area (Å²) >= 11 is 1.33. The number of rotatable bonds is 3. The summed E-state index contributed by atoms with van der Waals surface area (Å²) in [6.45, 7) is 0.388. The fourth-order valence-corrected chi connectivity index (χ4v) is 2.85. The molecule has 1 aliphatic heterocycles. The standard InChI is InChI=1S/C11H16N6O3S/c12-6-1-5(20-10(19)9(6)18)3-17-4-7(15-16-17)8-2-14-11(13)21-8/h2,4-6,9-10,18-19H,1,3,12H2,(H2,13,14)/t5-,6?,9?,10+/m0/s1. The number of nitrogen functional groups attached to an aromatic ring is 1. The van der Waals surface area contributed by atoms with Crippen molar-refractivity contribution in [3.63, 3.8) is 0 Å². The van der Waals surface area contributed by atoms with Crippen molar-refractivity contribution in [2.45, 2.75) is 37.5 Å². The maximum absolute atomic E-state index is 9.56. The van der Waals surface area contributed by atoms with E-state index in [9.17, 15) is 10.2 Å². The van der Waals surface area contributed by atoms with E-state index in [1.807, 2.05) is 0 Å². The lowest BCUT2D eigenvalue weighted by molar-refractivity contribution is -0.223. The smallest absolute Gasteiger partial charge is 0.182 e. The molecule has 0 bridgehead atoms. The minimum absolute atomic E-state index is 0.334. The summed E-state index contributed by atoms with van der Waals surface area (Å²) in [6.07, 6.45) is 1.15. The summed E-state index contributed by atoms with van der Waals surface area (Å²) in [4.78, 5) is 4.79. The Morgan fingerprint density at radius 3 is 2.95 bits per heavy atom. The summed E-state index contributed by atoms with van der Waals surface area (Å²) in [5.41, 5.74) is 12.0. The predicted octanol–water partition coefficient (Wildman–Crippen LogP) is -1.22. The third-order valence-corrected chi connectivity index (χ3v) is 4.15. The van der Waals surface area contributed by atoms with Crippen LogP contribution in [0.4, 0.5) is 5.13 Å². The maximum atomic E-state index is 9.56. The number of aliphatic hydroxyl groups is 2. The molecule has 3 rings (SSSR count). The Kier molecular flexibility index (Phi) is 3.87. The molecule has 1 fully saturated rings. The summed E-state index contributed by atoms with van der Waals surface area (Å²) in [5, 5.41) is 27.6. The number of anilines is 1. The third kappa shape index (κ3) is 3.04. The minimum atomic E-state index is -1.27. The number of nitrogens with zero attached hydrogens (tertiary/aromatic N) is 4. The van der Waals surface area contributed by atoms with Crippen LogP contribution >= 0.6 is 11.3 Å². The van der Waals surface area contributed by atoms with Crippen LogP contribution in [0.15, 0.2) is 12.4 Å². The van der Waals surface area contributed by atoms with Gasteiger partial charge in [-0.3, -0.25) is 0 Å². The van der Waals surface area contributed by atoms with E-state index in [0.717, 1.165) is 4.88 Å². The molecule has 1 aliphatic rings. The van der Waals surface area contributed by atoms with Gasteiger partial charge in [-0.05, 0) is 6.42 Å². The highest BCUT2D eigenvalue weighted by atomic mass is 32.1. The van der Waals surface area contributed by atoms with Crippen molar-refractivity contribution >= 4 is 16.5 Å². The van der Waals surface area contributed by atoms with Gasteiger partial charge in [0, 0.05) is 12.2 Å². The molecule has 0 saturated carbocycles. The Morgan fingerprint density at radius 1 is 1.48 bits per heavy atom. The van der Waals surface area contributed by atoms with Crippen molar-refractivity contribution < 1.29 is 14.9 Å². The number of nitrogens with two attached hydrogens (primary N) is 2. The van der Waals surface area contributed by atoms with Crippen molar-refractivity contribution in [1.82, 2.24) is 20.0 Å². The molecule has 4 atom stereocenters. The van der Waals surface area contributed by atoms with Crippen LogP contribution < -0.4 is 11.5 Å². The highest BCUT2D eigenvalue weighted by Gasteiger charge is 2.34. The highest BCUT2D eigenvalue weighted by molar-refractivity contribution is 7.18. The molecule has 10 heteroatoms. The Labute approximate surface area is 124 Å². The molecule has 6 N–H and O–H groups in total. The zero-order chi connectivity index (χ0) is 15.0. The second-order valence-corrected chi connectivity index (χ2v) is 5.99. The van der Waals surface area contributed by atoms with E-state index in [2.05, 4.69) is 15.3 Å². The maximum Gasteiger partial charge on any atom is 0.182 e. The average molecular weight is 312 g/mol. The molecule has 21 heavy (non-hydrogen) atoms. The molecule has 0 radical (unpaired) electrons. The number of aromatic nitrogens is 4. The van der Waals surface area contributed by atoms with E-state index in [1.54, 1.807) is 17.1 Å². The number of ether oxygens (including phenoxy) is 1. The average Bonchev–Trinajstić information content (AvgIpc) is 3.05. The molecule has 9 nitrogen and oxygen atoms in total. The molecule has 0 spiro atoms. The number of thiazole rings is 1. The van der Waals surface area contributed by atoms with Gasteiger partial charge in [0.05, 0.1) is 23.7 Å². The van der Waals surface area contributed by atoms with Crippen molar-refractivity contribution in [2.75, 3.05) is 5.73 Å². The Hall–Kier alpha value is -1.59. The van der Waals surface area contributed by atoms with Crippen molar-refractivity contribution in [3.05, 3.63) is 12.4 Å². The Morgan fingerprint density at radius 2 is 2.29 bits per heavy atom. The quantitative estimate of drug-likeness (QED) is 0.551. The summed E-state index contributed by atoms with van der Waals surface area (Å²) < 4.78 is 6.90. The van der Waals surface area contributed by atoms with Gasteiger partial charge in [0.15, 0.2) is 11.4 Å². The van der Waals surface area contributed by atoms with Gasteiger partial charge in [0.25, 0.3) is 0 Å². The van der Waals surface area contributed by atoms with Crippen molar-refractivity contribution in [3.8, 4) is 10.6 Å². The lowest BCUT2D eigenvalue weighted by atomic mass is 10.0. The van der Waals surface area contributed by atoms with Gasteiger partial charge in [-0.1, -0.05) is 16.6 Å². The van der Waals surface area contributed by atoms with Gasteiger partial charge in [-0.15, -0.1) is 5.10 Å². The van der Waals surface area contributed by atoms with Crippen LogP contribution in [0.2, 0.25) is 0 Å². The van der Waals surface area contributed by atoms with Crippen LogP contribution in [0.1, 0.15) is 6.42 Å². The van der Waals surface area contributed by atoms with E-state index in [1.165, 1.54) is 11.3 Å². The fourth-order valence-electron chi connectivity index (χ4n) is 2.22. The first-order chi connectivity index (χ1) is 10.0. The van der Waals surface area contributed by atoms with Crippen molar-refractivity contribution in [2.24, 2.45) is 5.73 Å². The number of aliphatic hydroxyl groups excluding tert-OH is 2. The van der Waals surface area contributed by atoms with Gasteiger partial charge in [-0.25, -0.2) is 9.67 Å². The predicted molar refractivity (Wildman–Crippen MR) is 75.0 cm³/mol. The van der Waals surface area contributed by atoms with Gasteiger partial charge in [-0.2, -0.15) is 0 Å². The highest BCUT2D eigenvalue weighted by Crippen LogP contribution is 2.25. The first-order valence-electron chi connectivity index (χ1n) is 6.42. The number of hydrogen-bond acceptors (Lipinski definition) is 9. The van der Waals surface area contributed by atoms with E-state index in [4.69, 9.17) is 16.2 Å².